The first-order chi connectivity index (χ1) is 12.9. The number of rotatable bonds is 7. The van der Waals surface area contributed by atoms with Gasteiger partial charge in [-0.1, -0.05) is 0 Å². The van der Waals surface area contributed by atoms with E-state index in [0.717, 1.165) is 10.1 Å². The van der Waals surface area contributed by atoms with Crippen molar-refractivity contribution in [3.05, 3.63) is 49.6 Å². The highest BCUT2D eigenvalue weighted by Crippen LogP contribution is 2.11. The summed E-state index contributed by atoms with van der Waals surface area (Å²) in [5.41, 5.74) is 0.605. The van der Waals surface area contributed by atoms with Gasteiger partial charge in [-0.25, -0.2) is 9.78 Å². The zero-order chi connectivity index (χ0) is 19.6. The summed E-state index contributed by atoms with van der Waals surface area (Å²) in [7, 11) is 4.54. The number of amides is 1. The van der Waals surface area contributed by atoms with Crippen LogP contribution in [0.25, 0.3) is 11.2 Å². The van der Waals surface area contributed by atoms with E-state index in [-0.39, 0.29) is 23.6 Å². The average Bonchev–Trinajstić information content (AvgIpc) is 3.31. The van der Waals surface area contributed by atoms with Gasteiger partial charge in [-0.2, -0.15) is 11.3 Å². The highest BCUT2D eigenvalue weighted by Gasteiger charge is 2.19. The molecule has 0 saturated heterocycles. The predicted octanol–water partition coefficient (Wildman–Crippen LogP) is 0.170. The fourth-order valence-electron chi connectivity index (χ4n) is 2.86. The molecular weight excluding hydrogens is 370 g/mol. The lowest BCUT2D eigenvalue weighted by Crippen LogP contribution is -2.39. The first-order valence-corrected chi connectivity index (χ1v) is 9.27. The molecule has 3 heterocycles. The van der Waals surface area contributed by atoms with E-state index in [1.165, 1.54) is 22.5 Å². The van der Waals surface area contributed by atoms with Crippen LogP contribution < -0.4 is 11.2 Å². The van der Waals surface area contributed by atoms with Crippen molar-refractivity contribution in [3.63, 3.8) is 0 Å². The van der Waals surface area contributed by atoms with Crippen LogP contribution in [-0.4, -0.2) is 49.8 Å². The molecular formula is C17H21N5O4S. The number of carbonyl (C=O) groups excluding carboxylic acids is 1. The molecule has 0 radical (unpaired) electrons. The van der Waals surface area contributed by atoms with Gasteiger partial charge < -0.3 is 14.2 Å². The Morgan fingerprint density at radius 2 is 2.07 bits per heavy atom. The van der Waals surface area contributed by atoms with Crippen LogP contribution in [0.1, 0.15) is 5.56 Å². The summed E-state index contributed by atoms with van der Waals surface area (Å²) in [6.07, 6.45) is 1.42. The summed E-state index contributed by atoms with van der Waals surface area (Å²) in [6, 6.07) is 1.97. The molecule has 0 bridgehead atoms. The minimum Gasteiger partial charge on any atom is -0.383 e. The molecule has 0 unspecified atom stereocenters. The van der Waals surface area contributed by atoms with Crippen LogP contribution in [0.15, 0.2) is 32.7 Å². The highest BCUT2D eigenvalue weighted by atomic mass is 32.1. The lowest BCUT2D eigenvalue weighted by molar-refractivity contribution is -0.133. The van der Waals surface area contributed by atoms with E-state index in [1.54, 1.807) is 30.4 Å². The first-order valence-electron chi connectivity index (χ1n) is 8.32. The number of nitrogens with zero attached hydrogens (tertiary/aromatic N) is 5. The Labute approximate surface area is 159 Å². The molecule has 0 aliphatic rings. The van der Waals surface area contributed by atoms with E-state index < -0.39 is 11.2 Å². The third-order valence-electron chi connectivity index (χ3n) is 4.39. The van der Waals surface area contributed by atoms with Gasteiger partial charge in [0.25, 0.3) is 5.56 Å². The van der Waals surface area contributed by atoms with Gasteiger partial charge in [-0.3, -0.25) is 18.7 Å². The molecule has 0 aliphatic heterocycles. The maximum atomic E-state index is 12.9. The smallest absolute Gasteiger partial charge is 0.332 e. The minimum atomic E-state index is -0.473. The first kappa shape index (κ1) is 19.1. The second-order valence-corrected chi connectivity index (χ2v) is 6.97. The van der Waals surface area contributed by atoms with Crippen LogP contribution in [0.2, 0.25) is 0 Å². The zero-order valence-corrected chi connectivity index (χ0v) is 16.2. The zero-order valence-electron chi connectivity index (χ0n) is 15.4. The fraction of sp³-hybridized carbons (Fsp3) is 0.412. The third-order valence-corrected chi connectivity index (χ3v) is 5.13. The van der Waals surface area contributed by atoms with E-state index in [0.29, 0.717) is 19.7 Å². The lowest BCUT2D eigenvalue weighted by Gasteiger charge is -2.22. The molecule has 10 heteroatoms. The average molecular weight is 391 g/mol. The topological polar surface area (TPSA) is 91.4 Å². The van der Waals surface area contributed by atoms with Crippen molar-refractivity contribution in [1.82, 2.24) is 23.6 Å². The second-order valence-electron chi connectivity index (χ2n) is 6.19. The van der Waals surface area contributed by atoms with Gasteiger partial charge in [0.15, 0.2) is 11.2 Å². The standard InChI is InChI=1S/C17H21N5O4S/c1-19-15-14(16(24)20(2)17(19)25)22(11-18-15)9-13(23)21(5-6-26-3)8-12-4-7-27-10-12/h4,7,10-11H,5-6,8-9H2,1-3H3. The summed E-state index contributed by atoms with van der Waals surface area (Å²) < 4.78 is 8.91. The summed E-state index contributed by atoms with van der Waals surface area (Å²) in [5, 5.41) is 3.95. The number of fused-ring (bicyclic) bond motifs is 1. The molecule has 3 aromatic rings. The molecule has 9 nitrogen and oxygen atoms in total. The molecule has 0 N–H and O–H groups in total. The number of carbonyl (C=O) groups is 1. The fourth-order valence-corrected chi connectivity index (χ4v) is 3.52. The van der Waals surface area contributed by atoms with Crippen molar-refractivity contribution < 1.29 is 9.53 Å². The summed E-state index contributed by atoms with van der Waals surface area (Å²) in [4.78, 5) is 43.3. The van der Waals surface area contributed by atoms with Gasteiger partial charge in [-0.05, 0) is 22.4 Å². The Balaban J connectivity index is 1.91. The third kappa shape index (κ3) is 3.71. The van der Waals surface area contributed by atoms with Gasteiger partial charge in [0.05, 0.1) is 12.9 Å². The number of aryl methyl sites for hydroxylation is 1. The van der Waals surface area contributed by atoms with E-state index in [1.807, 2.05) is 16.8 Å². The number of ether oxygens (including phenoxy) is 1. The van der Waals surface area contributed by atoms with Gasteiger partial charge in [0, 0.05) is 34.3 Å². The van der Waals surface area contributed by atoms with Crippen molar-refractivity contribution in [1.29, 1.82) is 0 Å². The Bertz CT molecular complexity index is 1060. The van der Waals surface area contributed by atoms with E-state index >= 15 is 0 Å². The Hall–Kier alpha value is -2.72. The molecule has 0 fully saturated rings. The molecule has 0 aliphatic carbocycles. The molecule has 3 rings (SSSR count). The van der Waals surface area contributed by atoms with Crippen molar-refractivity contribution >= 4 is 28.4 Å². The van der Waals surface area contributed by atoms with Crippen LogP contribution in [0.4, 0.5) is 0 Å². The van der Waals surface area contributed by atoms with Crippen LogP contribution in [-0.2, 0) is 36.7 Å². The van der Waals surface area contributed by atoms with Crippen molar-refractivity contribution in [2.24, 2.45) is 14.1 Å². The maximum Gasteiger partial charge on any atom is 0.332 e. The van der Waals surface area contributed by atoms with Gasteiger partial charge in [0.2, 0.25) is 5.91 Å². The molecule has 0 atom stereocenters. The largest absolute Gasteiger partial charge is 0.383 e. The highest BCUT2D eigenvalue weighted by molar-refractivity contribution is 7.07. The van der Waals surface area contributed by atoms with Crippen LogP contribution in [0.5, 0.6) is 0 Å². The van der Waals surface area contributed by atoms with Crippen LogP contribution in [0.3, 0.4) is 0 Å². The summed E-state index contributed by atoms with van der Waals surface area (Å²) in [6.45, 7) is 1.28. The molecule has 27 heavy (non-hydrogen) atoms. The van der Waals surface area contributed by atoms with Crippen LogP contribution in [0, 0.1) is 0 Å². The number of methoxy groups -OCH3 is 1. The van der Waals surface area contributed by atoms with Gasteiger partial charge >= 0.3 is 5.69 Å². The number of hydrogen-bond acceptors (Lipinski definition) is 6. The molecule has 144 valence electrons. The quantitative estimate of drug-likeness (QED) is 0.573. The maximum absolute atomic E-state index is 12.9. The second kappa shape index (κ2) is 7.89. The molecule has 1 amide bonds. The Morgan fingerprint density at radius 1 is 1.30 bits per heavy atom. The van der Waals surface area contributed by atoms with Crippen molar-refractivity contribution in [2.75, 3.05) is 20.3 Å². The van der Waals surface area contributed by atoms with E-state index in [4.69, 9.17) is 4.74 Å². The number of imidazole rings is 1. The normalized spacial score (nSPS) is 11.2. The molecule has 3 aromatic heterocycles. The van der Waals surface area contributed by atoms with Crippen LogP contribution >= 0.6 is 11.3 Å². The molecule has 0 saturated carbocycles. The number of thiophene rings is 1. The SMILES string of the molecule is COCCN(Cc1ccsc1)C(=O)Cn1cnc2c1c(=O)n(C)c(=O)n2C. The number of hydrogen-bond donors (Lipinski definition) is 0. The van der Waals surface area contributed by atoms with Crippen molar-refractivity contribution in [3.8, 4) is 0 Å². The Kier molecular flexibility index (Phi) is 5.57. The monoisotopic (exact) mass is 391 g/mol. The minimum absolute atomic E-state index is 0.0439. The van der Waals surface area contributed by atoms with E-state index in [9.17, 15) is 14.4 Å². The van der Waals surface area contributed by atoms with Gasteiger partial charge in [0.1, 0.15) is 6.54 Å². The van der Waals surface area contributed by atoms with E-state index in [2.05, 4.69) is 4.98 Å². The Morgan fingerprint density at radius 3 is 2.74 bits per heavy atom. The predicted molar refractivity (Wildman–Crippen MR) is 102 cm³/mol. The molecule has 0 aromatic carbocycles. The van der Waals surface area contributed by atoms with Crippen molar-refractivity contribution in [2.45, 2.75) is 13.1 Å². The summed E-state index contributed by atoms with van der Waals surface area (Å²) >= 11 is 1.57. The lowest BCUT2D eigenvalue weighted by atomic mass is 10.3. The number of aromatic nitrogens is 4. The van der Waals surface area contributed by atoms with Gasteiger partial charge in [-0.15, -0.1) is 0 Å². The molecule has 0 spiro atoms. The summed E-state index contributed by atoms with van der Waals surface area (Å²) in [5.74, 6) is -0.159.